The monoisotopic (exact) mass is 336 g/mol. The fraction of sp³-hybridized carbons (Fsp3) is 0.267. The molecule has 114 valence electrons. The quantitative estimate of drug-likeness (QED) is 0.677. The lowest BCUT2D eigenvalue weighted by Crippen LogP contribution is -2.44. The summed E-state index contributed by atoms with van der Waals surface area (Å²) in [6.07, 6.45) is 1.75. The van der Waals surface area contributed by atoms with Crippen LogP contribution in [0.3, 0.4) is 0 Å². The van der Waals surface area contributed by atoms with Crippen LogP contribution in [0.4, 0.5) is 0 Å². The van der Waals surface area contributed by atoms with Gasteiger partial charge in [0.2, 0.25) is 5.91 Å². The van der Waals surface area contributed by atoms with E-state index in [0.717, 1.165) is 0 Å². The van der Waals surface area contributed by atoms with Gasteiger partial charge >= 0.3 is 5.97 Å². The summed E-state index contributed by atoms with van der Waals surface area (Å²) in [7, 11) is 1.22. The number of carbonyl (C=O) groups is 2. The van der Waals surface area contributed by atoms with Gasteiger partial charge in [0.1, 0.15) is 5.92 Å². The molecule has 0 fully saturated rings. The van der Waals surface area contributed by atoms with Crippen LogP contribution >= 0.6 is 23.4 Å². The average Bonchev–Trinajstić information content (AvgIpc) is 2.53. The third-order valence-corrected chi connectivity index (χ3v) is 4.40. The molecule has 0 unspecified atom stereocenters. The van der Waals surface area contributed by atoms with Crippen LogP contribution in [-0.4, -0.2) is 25.2 Å². The molecule has 1 heterocycles. The number of hydrogen-bond donors (Lipinski definition) is 1. The summed E-state index contributed by atoms with van der Waals surface area (Å²) in [6, 6.07) is 8.83. The first-order chi connectivity index (χ1) is 10.5. The number of nitrogens with one attached hydrogen (secondary N) is 1. The number of hydrogen-bond acceptors (Lipinski definition) is 5. The van der Waals surface area contributed by atoms with Crippen LogP contribution in [0.15, 0.2) is 34.9 Å². The molecule has 1 aliphatic rings. The molecular formula is C15H13ClN2O3S. The molecule has 0 saturated heterocycles. The number of nitriles is 1. The molecule has 5 nitrogen and oxygen atoms in total. The van der Waals surface area contributed by atoms with Crippen molar-refractivity contribution in [2.75, 3.05) is 13.4 Å². The van der Waals surface area contributed by atoms with Gasteiger partial charge in [0, 0.05) is 10.9 Å². The molecule has 0 bridgehead atoms. The van der Waals surface area contributed by atoms with Crippen molar-refractivity contribution in [3.8, 4) is 6.07 Å². The van der Waals surface area contributed by atoms with E-state index in [1.807, 2.05) is 0 Å². The molecule has 1 aromatic rings. The van der Waals surface area contributed by atoms with Gasteiger partial charge in [-0.2, -0.15) is 5.26 Å². The number of ether oxygens (including phenoxy) is 1. The van der Waals surface area contributed by atoms with Gasteiger partial charge in [-0.05, 0) is 24.0 Å². The molecule has 1 amide bonds. The predicted octanol–water partition coefficient (Wildman–Crippen LogP) is 2.44. The molecule has 0 saturated carbocycles. The van der Waals surface area contributed by atoms with Crippen molar-refractivity contribution in [3.63, 3.8) is 0 Å². The van der Waals surface area contributed by atoms with Gasteiger partial charge in [-0.3, -0.25) is 9.59 Å². The topological polar surface area (TPSA) is 79.2 Å². The van der Waals surface area contributed by atoms with Gasteiger partial charge in [0.25, 0.3) is 0 Å². The number of carbonyl (C=O) groups excluding carboxylic acids is 2. The first-order valence-electron chi connectivity index (χ1n) is 6.35. The van der Waals surface area contributed by atoms with Crippen molar-refractivity contribution in [2.24, 2.45) is 5.92 Å². The molecule has 0 aliphatic carbocycles. The highest BCUT2D eigenvalue weighted by Gasteiger charge is 2.44. The average molecular weight is 337 g/mol. The number of nitrogens with zero attached hydrogens (tertiary/aromatic N) is 1. The lowest BCUT2D eigenvalue weighted by molar-refractivity contribution is -0.150. The predicted molar refractivity (Wildman–Crippen MR) is 84.0 cm³/mol. The van der Waals surface area contributed by atoms with E-state index < -0.39 is 23.7 Å². The van der Waals surface area contributed by atoms with Crippen LogP contribution in [0.25, 0.3) is 0 Å². The molecule has 2 atom stereocenters. The van der Waals surface area contributed by atoms with Gasteiger partial charge in [0.15, 0.2) is 0 Å². The van der Waals surface area contributed by atoms with E-state index in [-0.39, 0.29) is 0 Å². The smallest absolute Gasteiger partial charge is 0.319 e. The standard InChI is InChI=1S/C15H13ClN2O3S/c1-21-15(20)12-11(8-3-5-9(16)6-4-8)10(7-17)14(22-2)18-13(12)19/h3-6,11-12H,1-2H3,(H,18,19)/t11-,12-/m0/s1. The molecular weight excluding hydrogens is 324 g/mol. The third-order valence-electron chi connectivity index (χ3n) is 3.42. The van der Waals surface area contributed by atoms with Crippen molar-refractivity contribution in [1.82, 2.24) is 5.32 Å². The minimum absolute atomic E-state index is 0.338. The molecule has 1 N–H and O–H groups in total. The van der Waals surface area contributed by atoms with E-state index in [1.165, 1.54) is 18.9 Å². The molecule has 0 aromatic heterocycles. The Morgan fingerprint density at radius 1 is 1.41 bits per heavy atom. The number of thioether (sulfide) groups is 1. The SMILES string of the molecule is COC(=O)[C@@H]1C(=O)NC(SC)=C(C#N)[C@@H]1c1ccc(Cl)cc1. The summed E-state index contributed by atoms with van der Waals surface area (Å²) < 4.78 is 4.73. The fourth-order valence-corrected chi connectivity index (χ4v) is 3.12. The van der Waals surface area contributed by atoms with Crippen LogP contribution in [0.5, 0.6) is 0 Å². The van der Waals surface area contributed by atoms with E-state index in [2.05, 4.69) is 11.4 Å². The van der Waals surface area contributed by atoms with Crippen LogP contribution < -0.4 is 5.32 Å². The summed E-state index contributed by atoms with van der Waals surface area (Å²) in [5.74, 6) is -2.94. The third kappa shape index (κ3) is 2.96. The summed E-state index contributed by atoms with van der Waals surface area (Å²) >= 11 is 7.13. The number of esters is 1. The molecule has 0 radical (unpaired) electrons. The molecule has 7 heteroatoms. The zero-order valence-corrected chi connectivity index (χ0v) is 13.5. The first kappa shape index (κ1) is 16.4. The highest BCUT2D eigenvalue weighted by atomic mass is 35.5. The van der Waals surface area contributed by atoms with Gasteiger partial charge in [0.05, 0.1) is 23.8 Å². The molecule has 2 rings (SSSR count). The Morgan fingerprint density at radius 2 is 2.05 bits per heavy atom. The summed E-state index contributed by atoms with van der Waals surface area (Å²) in [6.45, 7) is 0. The van der Waals surface area contributed by atoms with E-state index in [0.29, 0.717) is 21.2 Å². The van der Waals surface area contributed by atoms with Crippen molar-refractivity contribution in [2.45, 2.75) is 5.92 Å². The fourth-order valence-electron chi connectivity index (χ4n) is 2.40. The Hall–Kier alpha value is -1.97. The molecule has 1 aliphatic heterocycles. The summed E-state index contributed by atoms with van der Waals surface area (Å²) in [4.78, 5) is 24.3. The highest BCUT2D eigenvalue weighted by molar-refractivity contribution is 8.02. The van der Waals surface area contributed by atoms with Crippen LogP contribution in [-0.2, 0) is 14.3 Å². The van der Waals surface area contributed by atoms with Crippen molar-refractivity contribution < 1.29 is 14.3 Å². The van der Waals surface area contributed by atoms with Crippen molar-refractivity contribution in [1.29, 1.82) is 5.26 Å². The molecule has 0 spiro atoms. The van der Waals surface area contributed by atoms with Crippen LogP contribution in [0.1, 0.15) is 11.5 Å². The minimum atomic E-state index is -1.10. The minimum Gasteiger partial charge on any atom is -0.468 e. The second-order valence-electron chi connectivity index (χ2n) is 4.58. The Morgan fingerprint density at radius 3 is 2.55 bits per heavy atom. The maximum atomic E-state index is 12.3. The Balaban J connectivity index is 2.62. The Labute approximate surface area is 137 Å². The maximum absolute atomic E-state index is 12.3. The highest BCUT2D eigenvalue weighted by Crippen LogP contribution is 2.39. The number of methoxy groups -OCH3 is 1. The molecule has 1 aromatic carbocycles. The van der Waals surface area contributed by atoms with E-state index in [9.17, 15) is 14.9 Å². The summed E-state index contributed by atoms with van der Waals surface area (Å²) in [5.41, 5.74) is 1.00. The van der Waals surface area contributed by atoms with E-state index >= 15 is 0 Å². The lowest BCUT2D eigenvalue weighted by Gasteiger charge is -2.30. The number of halogens is 1. The van der Waals surface area contributed by atoms with Crippen LogP contribution in [0.2, 0.25) is 5.02 Å². The van der Waals surface area contributed by atoms with E-state index in [4.69, 9.17) is 16.3 Å². The molecule has 22 heavy (non-hydrogen) atoms. The normalized spacial score (nSPS) is 21.1. The number of amides is 1. The van der Waals surface area contributed by atoms with Gasteiger partial charge in [-0.15, -0.1) is 11.8 Å². The summed E-state index contributed by atoms with van der Waals surface area (Å²) in [5, 5.41) is 13.1. The van der Waals surface area contributed by atoms with Gasteiger partial charge in [-0.25, -0.2) is 0 Å². The van der Waals surface area contributed by atoms with E-state index in [1.54, 1.807) is 30.5 Å². The number of allylic oxidation sites excluding steroid dienone is 1. The zero-order chi connectivity index (χ0) is 16.3. The Kier molecular flexibility index (Phi) is 5.11. The van der Waals surface area contributed by atoms with Crippen molar-refractivity contribution in [3.05, 3.63) is 45.5 Å². The maximum Gasteiger partial charge on any atom is 0.319 e. The van der Waals surface area contributed by atoms with Crippen molar-refractivity contribution >= 4 is 35.2 Å². The van der Waals surface area contributed by atoms with Gasteiger partial charge in [-0.1, -0.05) is 23.7 Å². The largest absolute Gasteiger partial charge is 0.468 e. The number of rotatable bonds is 3. The zero-order valence-electron chi connectivity index (χ0n) is 11.9. The lowest BCUT2D eigenvalue weighted by atomic mass is 9.78. The second-order valence-corrected chi connectivity index (χ2v) is 5.83. The first-order valence-corrected chi connectivity index (χ1v) is 7.96. The number of benzene rings is 1. The van der Waals surface area contributed by atoms with Crippen LogP contribution in [0, 0.1) is 17.2 Å². The Bertz CT molecular complexity index is 679. The van der Waals surface area contributed by atoms with Gasteiger partial charge < -0.3 is 10.1 Å². The second kappa shape index (κ2) is 6.86.